The van der Waals surface area contributed by atoms with Gasteiger partial charge in [-0.05, 0) is 46.8 Å². The number of nitrogens with one attached hydrogen (secondary N) is 1. The number of carbonyl (C=O) groups is 1. The molecule has 3 aromatic rings. The van der Waals surface area contributed by atoms with Gasteiger partial charge in [-0.2, -0.15) is 0 Å². The summed E-state index contributed by atoms with van der Waals surface area (Å²) in [5, 5.41) is 15.0. The molecule has 1 unspecified atom stereocenters. The van der Waals surface area contributed by atoms with Gasteiger partial charge in [0.1, 0.15) is 5.82 Å². The van der Waals surface area contributed by atoms with E-state index in [1.807, 2.05) is 35.7 Å². The molecule has 26 heavy (non-hydrogen) atoms. The van der Waals surface area contributed by atoms with Crippen LogP contribution in [0.2, 0.25) is 0 Å². The largest absolute Gasteiger partial charge is 0.387 e. The second kappa shape index (κ2) is 8.98. The number of thiophene rings is 1. The van der Waals surface area contributed by atoms with E-state index in [1.165, 1.54) is 28.8 Å². The Morgan fingerprint density at radius 2 is 1.85 bits per heavy atom. The molecule has 2 N–H and O–H groups in total. The normalized spacial score (nSPS) is 11.9. The fourth-order valence-electron chi connectivity index (χ4n) is 2.37. The molecule has 0 saturated carbocycles. The first kappa shape index (κ1) is 18.6. The van der Waals surface area contributed by atoms with Crippen molar-refractivity contribution in [3.8, 4) is 10.4 Å². The van der Waals surface area contributed by atoms with E-state index in [1.54, 1.807) is 23.5 Å². The maximum Gasteiger partial charge on any atom is 0.230 e. The van der Waals surface area contributed by atoms with Crippen LogP contribution in [0.25, 0.3) is 10.4 Å². The molecule has 0 saturated heterocycles. The lowest BCUT2D eigenvalue weighted by molar-refractivity contribution is -0.119. The van der Waals surface area contributed by atoms with Crippen molar-refractivity contribution in [2.75, 3.05) is 12.3 Å². The van der Waals surface area contributed by atoms with Crippen molar-refractivity contribution >= 4 is 29.0 Å². The molecule has 0 radical (unpaired) electrons. The van der Waals surface area contributed by atoms with Crippen LogP contribution in [0.1, 0.15) is 11.7 Å². The average Bonchev–Trinajstić information content (AvgIpc) is 3.20. The number of hydrogen-bond acceptors (Lipinski definition) is 4. The Morgan fingerprint density at radius 1 is 1.12 bits per heavy atom. The fraction of sp³-hybridized carbons (Fsp3) is 0.150. The zero-order chi connectivity index (χ0) is 18.4. The maximum atomic E-state index is 12.8. The van der Waals surface area contributed by atoms with Crippen molar-refractivity contribution in [3.05, 3.63) is 77.4 Å². The summed E-state index contributed by atoms with van der Waals surface area (Å²) in [5.41, 5.74) is 1.87. The number of aliphatic hydroxyl groups is 1. The molecule has 2 aromatic carbocycles. The number of hydrogen-bond donors (Lipinski definition) is 2. The molecule has 0 aliphatic rings. The molecule has 0 aliphatic heterocycles. The highest BCUT2D eigenvalue weighted by Gasteiger charge is 2.10. The Labute approximate surface area is 159 Å². The van der Waals surface area contributed by atoms with Gasteiger partial charge in [-0.25, -0.2) is 4.39 Å². The third-order valence-corrected chi connectivity index (χ3v) is 5.71. The van der Waals surface area contributed by atoms with Gasteiger partial charge >= 0.3 is 0 Å². The van der Waals surface area contributed by atoms with Crippen LogP contribution in [0, 0.1) is 5.82 Å². The highest BCUT2D eigenvalue weighted by molar-refractivity contribution is 8.00. The van der Waals surface area contributed by atoms with Gasteiger partial charge in [-0.1, -0.05) is 30.3 Å². The van der Waals surface area contributed by atoms with Crippen LogP contribution in [-0.2, 0) is 4.79 Å². The lowest BCUT2D eigenvalue weighted by Gasteiger charge is -2.13. The van der Waals surface area contributed by atoms with Crippen molar-refractivity contribution in [2.45, 2.75) is 11.0 Å². The molecule has 1 amide bonds. The van der Waals surface area contributed by atoms with Crippen LogP contribution in [0.5, 0.6) is 0 Å². The summed E-state index contributed by atoms with van der Waals surface area (Å²) in [6.45, 7) is 0.154. The lowest BCUT2D eigenvalue weighted by Crippen LogP contribution is -2.29. The van der Waals surface area contributed by atoms with Gasteiger partial charge in [0.05, 0.1) is 11.9 Å². The molecule has 1 aromatic heterocycles. The quantitative estimate of drug-likeness (QED) is 0.587. The van der Waals surface area contributed by atoms with Crippen molar-refractivity contribution < 1.29 is 14.3 Å². The molecule has 0 aliphatic carbocycles. The second-order valence-electron chi connectivity index (χ2n) is 5.66. The van der Waals surface area contributed by atoms with Crippen molar-refractivity contribution in [1.29, 1.82) is 0 Å². The SMILES string of the molecule is O=C(CSc1ccc(F)cc1)NCC(O)c1ccc(-c2cccs2)cc1. The summed E-state index contributed by atoms with van der Waals surface area (Å²) >= 11 is 2.99. The maximum absolute atomic E-state index is 12.8. The number of thioether (sulfide) groups is 1. The van der Waals surface area contributed by atoms with E-state index >= 15 is 0 Å². The molecule has 134 valence electrons. The average molecular weight is 388 g/mol. The molecule has 6 heteroatoms. The van der Waals surface area contributed by atoms with Crippen LogP contribution >= 0.6 is 23.1 Å². The van der Waals surface area contributed by atoms with Crippen molar-refractivity contribution in [3.63, 3.8) is 0 Å². The van der Waals surface area contributed by atoms with E-state index in [9.17, 15) is 14.3 Å². The van der Waals surface area contributed by atoms with Gasteiger partial charge in [0.2, 0.25) is 5.91 Å². The minimum Gasteiger partial charge on any atom is -0.387 e. The van der Waals surface area contributed by atoms with Crippen LogP contribution in [-0.4, -0.2) is 23.3 Å². The standard InChI is InChI=1S/C20H18FNO2S2/c21-16-7-9-17(10-8-16)26-13-20(24)22-12-18(23)14-3-5-15(6-4-14)19-2-1-11-25-19/h1-11,18,23H,12-13H2,(H,22,24). The first-order valence-corrected chi connectivity index (χ1v) is 9.95. The van der Waals surface area contributed by atoms with E-state index < -0.39 is 6.10 Å². The van der Waals surface area contributed by atoms with Gasteiger partial charge in [-0.15, -0.1) is 23.1 Å². The third kappa shape index (κ3) is 5.17. The zero-order valence-electron chi connectivity index (χ0n) is 13.9. The summed E-state index contributed by atoms with van der Waals surface area (Å²) < 4.78 is 12.8. The Hall–Kier alpha value is -2.15. The van der Waals surface area contributed by atoms with Gasteiger partial charge in [0.15, 0.2) is 0 Å². The van der Waals surface area contributed by atoms with Gasteiger partial charge in [0, 0.05) is 16.3 Å². The summed E-state index contributed by atoms with van der Waals surface area (Å²) in [5.74, 6) is -0.254. The van der Waals surface area contributed by atoms with Crippen molar-refractivity contribution in [2.24, 2.45) is 0 Å². The summed E-state index contributed by atoms with van der Waals surface area (Å²) in [7, 11) is 0. The smallest absolute Gasteiger partial charge is 0.230 e. The highest BCUT2D eigenvalue weighted by atomic mass is 32.2. The van der Waals surface area contributed by atoms with E-state index in [0.717, 1.165) is 16.0 Å². The zero-order valence-corrected chi connectivity index (χ0v) is 15.5. The molecule has 0 fully saturated rings. The first-order valence-electron chi connectivity index (χ1n) is 8.09. The molecule has 0 spiro atoms. The fourth-order valence-corrected chi connectivity index (χ4v) is 3.83. The van der Waals surface area contributed by atoms with E-state index in [-0.39, 0.29) is 24.0 Å². The monoisotopic (exact) mass is 387 g/mol. The topological polar surface area (TPSA) is 49.3 Å². The predicted molar refractivity (Wildman–Crippen MR) is 105 cm³/mol. The Kier molecular flexibility index (Phi) is 6.44. The summed E-state index contributed by atoms with van der Waals surface area (Å²) in [6.07, 6.45) is -0.757. The molecule has 1 atom stereocenters. The number of aliphatic hydroxyl groups excluding tert-OH is 1. The van der Waals surface area contributed by atoms with E-state index in [0.29, 0.717) is 0 Å². The number of carbonyl (C=O) groups excluding carboxylic acids is 1. The van der Waals surface area contributed by atoms with Crippen LogP contribution in [0.15, 0.2) is 70.9 Å². The number of halogens is 1. The van der Waals surface area contributed by atoms with Crippen LogP contribution in [0.4, 0.5) is 4.39 Å². The molecule has 1 heterocycles. The molecule has 3 nitrogen and oxygen atoms in total. The van der Waals surface area contributed by atoms with Crippen LogP contribution in [0.3, 0.4) is 0 Å². The van der Waals surface area contributed by atoms with E-state index in [2.05, 4.69) is 11.4 Å². The van der Waals surface area contributed by atoms with Crippen LogP contribution < -0.4 is 5.32 Å². The summed E-state index contributed by atoms with van der Waals surface area (Å²) in [4.78, 5) is 13.9. The number of rotatable bonds is 7. The van der Waals surface area contributed by atoms with Gasteiger partial charge in [0.25, 0.3) is 0 Å². The number of amides is 1. The Morgan fingerprint density at radius 3 is 2.50 bits per heavy atom. The molecule has 3 rings (SSSR count). The molecular formula is C20H18FNO2S2. The molecule has 0 bridgehead atoms. The van der Waals surface area contributed by atoms with Gasteiger partial charge in [-0.3, -0.25) is 4.79 Å². The minimum atomic E-state index is -0.757. The van der Waals surface area contributed by atoms with Crippen molar-refractivity contribution in [1.82, 2.24) is 5.32 Å². The third-order valence-electron chi connectivity index (χ3n) is 3.78. The number of benzene rings is 2. The molecular weight excluding hydrogens is 369 g/mol. The minimum absolute atomic E-state index is 0.154. The van der Waals surface area contributed by atoms with E-state index in [4.69, 9.17) is 0 Å². The predicted octanol–water partition coefficient (Wildman–Crippen LogP) is 4.50. The summed E-state index contributed by atoms with van der Waals surface area (Å²) in [6, 6.07) is 17.7. The second-order valence-corrected chi connectivity index (χ2v) is 7.66. The Balaban J connectivity index is 1.46. The van der Waals surface area contributed by atoms with Gasteiger partial charge < -0.3 is 10.4 Å². The lowest BCUT2D eigenvalue weighted by atomic mass is 10.1. The first-order chi connectivity index (χ1) is 12.6. The highest BCUT2D eigenvalue weighted by Crippen LogP contribution is 2.26. The Bertz CT molecular complexity index is 833.